The number of ether oxygens (including phenoxy) is 2. The van der Waals surface area contributed by atoms with E-state index in [1.807, 2.05) is 12.1 Å². The summed E-state index contributed by atoms with van der Waals surface area (Å²) < 4.78 is 11.5. The molecule has 1 amide bonds. The summed E-state index contributed by atoms with van der Waals surface area (Å²) in [5.74, 6) is -0.533. The topological polar surface area (TPSA) is 89.0 Å². The predicted octanol–water partition coefficient (Wildman–Crippen LogP) is 4.94. The Labute approximate surface area is 199 Å². The highest BCUT2D eigenvalue weighted by Gasteiger charge is 2.48. The minimum Gasteiger partial charge on any atom is -0.507 e. The maximum Gasteiger partial charge on any atom is 0.301 e. The second kappa shape index (κ2) is 8.64. The molecule has 0 bridgehead atoms. The van der Waals surface area contributed by atoms with E-state index in [1.165, 1.54) is 16.2 Å². The number of benzene rings is 3. The largest absolute Gasteiger partial charge is 0.507 e. The molecule has 1 atom stereocenters. The van der Waals surface area contributed by atoms with Gasteiger partial charge in [0.1, 0.15) is 17.3 Å². The molecule has 0 aliphatic carbocycles. The molecule has 8 heteroatoms. The maximum atomic E-state index is 13.3. The monoisotopic (exact) mass is 472 g/mol. The van der Waals surface area contributed by atoms with Crippen LogP contribution in [-0.2, 0) is 9.59 Å². The van der Waals surface area contributed by atoms with Crippen LogP contribution in [0.15, 0.2) is 78.4 Å². The molecule has 7 nitrogen and oxygen atoms in total. The smallest absolute Gasteiger partial charge is 0.301 e. The van der Waals surface area contributed by atoms with Crippen molar-refractivity contribution in [3.8, 4) is 11.5 Å². The van der Waals surface area contributed by atoms with E-state index in [1.54, 1.807) is 74.9 Å². The molecular formula is C26H20N2O5S. The highest BCUT2D eigenvalue weighted by Crippen LogP contribution is 2.45. The quantitative estimate of drug-likeness (QED) is 0.251. The molecule has 1 saturated heterocycles. The van der Waals surface area contributed by atoms with Gasteiger partial charge in [-0.2, -0.15) is 0 Å². The molecule has 0 saturated carbocycles. The van der Waals surface area contributed by atoms with Crippen LogP contribution in [0.5, 0.6) is 11.5 Å². The molecular weight excluding hydrogens is 452 g/mol. The Morgan fingerprint density at radius 2 is 1.68 bits per heavy atom. The molecule has 1 aliphatic heterocycles. The number of hydrogen-bond donors (Lipinski definition) is 1. The number of rotatable bonds is 5. The van der Waals surface area contributed by atoms with E-state index in [2.05, 4.69) is 4.98 Å². The molecule has 0 radical (unpaired) electrons. The number of amides is 1. The average molecular weight is 473 g/mol. The third-order valence-corrected chi connectivity index (χ3v) is 6.71. The van der Waals surface area contributed by atoms with Crippen molar-refractivity contribution in [2.75, 3.05) is 19.1 Å². The summed E-state index contributed by atoms with van der Waals surface area (Å²) in [4.78, 5) is 32.6. The van der Waals surface area contributed by atoms with E-state index < -0.39 is 17.7 Å². The number of nitrogens with zero attached hydrogens (tertiary/aromatic N) is 2. The van der Waals surface area contributed by atoms with Crippen molar-refractivity contribution < 1.29 is 24.2 Å². The normalized spacial score (nSPS) is 17.4. The number of aromatic nitrogens is 1. The summed E-state index contributed by atoms with van der Waals surface area (Å²) >= 11 is 1.27. The first-order valence-electron chi connectivity index (χ1n) is 10.5. The van der Waals surface area contributed by atoms with Crippen LogP contribution in [0.2, 0.25) is 0 Å². The maximum absolute atomic E-state index is 13.3. The van der Waals surface area contributed by atoms with Crippen LogP contribution in [0.1, 0.15) is 17.2 Å². The lowest BCUT2D eigenvalue weighted by molar-refractivity contribution is -0.132. The molecule has 1 aliphatic rings. The Morgan fingerprint density at radius 1 is 0.941 bits per heavy atom. The molecule has 0 unspecified atom stereocenters. The van der Waals surface area contributed by atoms with Gasteiger partial charge in [-0.05, 0) is 35.9 Å². The number of ketones is 1. The summed E-state index contributed by atoms with van der Waals surface area (Å²) in [6.45, 7) is 0. The molecule has 34 heavy (non-hydrogen) atoms. The van der Waals surface area contributed by atoms with Crippen LogP contribution in [-0.4, -0.2) is 36.0 Å². The number of aliphatic hydroxyl groups is 1. The predicted molar refractivity (Wildman–Crippen MR) is 130 cm³/mol. The second-order valence-electron chi connectivity index (χ2n) is 7.64. The highest BCUT2D eigenvalue weighted by atomic mass is 32.1. The lowest BCUT2D eigenvalue weighted by atomic mass is 9.95. The zero-order valence-electron chi connectivity index (χ0n) is 18.4. The standard InChI is InChI=1S/C26H20N2O5S/c1-32-17-10-6-9-16(13-17)22-21(23(29)15-7-4-3-5-8-15)24(30)25(31)28(22)26-27-19-12-11-18(33-2)14-20(19)34-26/h3-14,22,29H,1-2H3/t22-/m0/s1. The Hall–Kier alpha value is -4.17. The Balaban J connectivity index is 1.73. The fourth-order valence-corrected chi connectivity index (χ4v) is 5.05. The van der Waals surface area contributed by atoms with E-state index in [0.29, 0.717) is 33.3 Å². The zero-order chi connectivity index (χ0) is 23.8. The summed E-state index contributed by atoms with van der Waals surface area (Å²) in [5, 5.41) is 11.5. The molecule has 1 aromatic heterocycles. The van der Waals surface area contributed by atoms with Crippen LogP contribution in [0.25, 0.3) is 16.0 Å². The number of hydrogen-bond acceptors (Lipinski definition) is 7. The number of aliphatic hydroxyl groups excluding tert-OH is 1. The van der Waals surface area contributed by atoms with Gasteiger partial charge < -0.3 is 14.6 Å². The first-order chi connectivity index (χ1) is 16.5. The third kappa shape index (κ3) is 3.58. The van der Waals surface area contributed by atoms with Gasteiger partial charge in [0.05, 0.1) is 36.1 Å². The van der Waals surface area contributed by atoms with Gasteiger partial charge >= 0.3 is 5.91 Å². The molecule has 1 fully saturated rings. The van der Waals surface area contributed by atoms with E-state index >= 15 is 0 Å². The van der Waals surface area contributed by atoms with Crippen LogP contribution in [0.4, 0.5) is 5.13 Å². The average Bonchev–Trinajstić information content (AvgIpc) is 3.41. The molecule has 4 aromatic rings. The van der Waals surface area contributed by atoms with E-state index in [-0.39, 0.29) is 11.3 Å². The van der Waals surface area contributed by atoms with Crippen molar-refractivity contribution in [2.45, 2.75) is 6.04 Å². The van der Waals surface area contributed by atoms with Gasteiger partial charge in [-0.1, -0.05) is 53.8 Å². The van der Waals surface area contributed by atoms with Crippen LogP contribution in [0.3, 0.4) is 0 Å². The Morgan fingerprint density at radius 3 is 2.41 bits per heavy atom. The minimum absolute atomic E-state index is 0.00119. The number of Topliss-reactive ketones (excluding diaryl/α,β-unsaturated/α-hetero) is 1. The summed E-state index contributed by atoms with van der Waals surface area (Å²) in [5.41, 5.74) is 1.74. The minimum atomic E-state index is -0.877. The van der Waals surface area contributed by atoms with Crippen molar-refractivity contribution in [1.29, 1.82) is 0 Å². The second-order valence-corrected chi connectivity index (χ2v) is 8.65. The number of thiazole rings is 1. The van der Waals surface area contributed by atoms with Crippen molar-refractivity contribution in [2.24, 2.45) is 0 Å². The fraction of sp³-hybridized carbons (Fsp3) is 0.115. The highest BCUT2D eigenvalue weighted by molar-refractivity contribution is 7.22. The third-order valence-electron chi connectivity index (χ3n) is 5.69. The van der Waals surface area contributed by atoms with Gasteiger partial charge in [-0.3, -0.25) is 14.5 Å². The van der Waals surface area contributed by atoms with Crippen molar-refractivity contribution in [1.82, 2.24) is 4.98 Å². The Kier molecular flexibility index (Phi) is 5.51. The summed E-state index contributed by atoms with van der Waals surface area (Å²) in [6, 6.07) is 20.3. The van der Waals surface area contributed by atoms with Gasteiger partial charge in [0.15, 0.2) is 5.13 Å². The molecule has 1 N–H and O–H groups in total. The van der Waals surface area contributed by atoms with Crippen LogP contribution < -0.4 is 14.4 Å². The van der Waals surface area contributed by atoms with Gasteiger partial charge in [-0.25, -0.2) is 4.98 Å². The lowest BCUT2D eigenvalue weighted by Crippen LogP contribution is -2.29. The SMILES string of the molecule is COc1cccc([C@H]2C(=C(O)c3ccccc3)C(=O)C(=O)N2c2nc3ccc(OC)cc3s2)c1. The first-order valence-corrected chi connectivity index (χ1v) is 11.3. The van der Waals surface area contributed by atoms with Gasteiger partial charge in [-0.15, -0.1) is 0 Å². The van der Waals surface area contributed by atoms with Crippen molar-refractivity contribution in [3.63, 3.8) is 0 Å². The fourth-order valence-electron chi connectivity index (χ4n) is 4.03. The summed E-state index contributed by atoms with van der Waals surface area (Å²) in [6.07, 6.45) is 0. The number of carbonyl (C=O) groups is 2. The van der Waals surface area contributed by atoms with Gasteiger partial charge in [0.2, 0.25) is 0 Å². The number of fused-ring (bicyclic) bond motifs is 1. The van der Waals surface area contributed by atoms with Gasteiger partial charge in [0.25, 0.3) is 5.78 Å². The number of anilines is 1. The van der Waals surface area contributed by atoms with Crippen molar-refractivity contribution >= 4 is 44.1 Å². The molecule has 0 spiro atoms. The van der Waals surface area contributed by atoms with E-state index in [4.69, 9.17) is 9.47 Å². The first kappa shape index (κ1) is 21.7. The van der Waals surface area contributed by atoms with Gasteiger partial charge in [0, 0.05) is 5.56 Å². The van der Waals surface area contributed by atoms with E-state index in [0.717, 1.165) is 4.70 Å². The zero-order valence-corrected chi connectivity index (χ0v) is 19.2. The van der Waals surface area contributed by atoms with Crippen molar-refractivity contribution in [3.05, 3.63) is 89.5 Å². The summed E-state index contributed by atoms with van der Waals surface area (Å²) in [7, 11) is 3.12. The molecule has 170 valence electrons. The number of methoxy groups -OCH3 is 2. The lowest BCUT2D eigenvalue weighted by Gasteiger charge is -2.23. The number of carbonyl (C=O) groups excluding carboxylic acids is 2. The van der Waals surface area contributed by atoms with Crippen LogP contribution in [0, 0.1) is 0 Å². The molecule has 5 rings (SSSR count). The molecule has 3 aromatic carbocycles. The molecule has 2 heterocycles. The Bertz CT molecular complexity index is 1440. The van der Waals surface area contributed by atoms with Crippen LogP contribution >= 0.6 is 11.3 Å². The van der Waals surface area contributed by atoms with E-state index in [9.17, 15) is 14.7 Å².